The Labute approximate surface area is 168 Å². The Hall–Kier alpha value is -2.17. The molecule has 0 saturated carbocycles. The fraction of sp³-hybridized carbons (Fsp3) is 0.458. The molecule has 1 atom stereocenters. The Kier molecular flexibility index (Phi) is 7.24. The summed E-state index contributed by atoms with van der Waals surface area (Å²) in [7, 11) is 0. The second-order valence-electron chi connectivity index (χ2n) is 7.71. The zero-order chi connectivity index (χ0) is 19.9. The summed E-state index contributed by atoms with van der Waals surface area (Å²) < 4.78 is 6.23. The molecule has 0 radical (unpaired) electrons. The van der Waals surface area contributed by atoms with Crippen LogP contribution in [0.2, 0.25) is 0 Å². The van der Waals surface area contributed by atoms with Gasteiger partial charge in [-0.3, -0.25) is 9.69 Å². The Balaban J connectivity index is 1.58. The highest BCUT2D eigenvalue weighted by Gasteiger charge is 2.29. The lowest BCUT2D eigenvalue weighted by atomic mass is 9.99. The van der Waals surface area contributed by atoms with E-state index in [2.05, 4.69) is 60.4 Å². The molecule has 2 aromatic carbocycles. The quantitative estimate of drug-likeness (QED) is 0.707. The summed E-state index contributed by atoms with van der Waals surface area (Å²) in [4.78, 5) is 13.6. The van der Waals surface area contributed by atoms with Gasteiger partial charge in [0, 0.05) is 13.1 Å². The van der Waals surface area contributed by atoms with Crippen molar-refractivity contribution >= 4 is 5.97 Å². The van der Waals surface area contributed by atoms with E-state index in [1.807, 2.05) is 6.92 Å². The number of carboxylic acids is 1. The van der Waals surface area contributed by atoms with Gasteiger partial charge in [-0.2, -0.15) is 0 Å². The van der Waals surface area contributed by atoms with E-state index >= 15 is 0 Å². The van der Waals surface area contributed by atoms with Crippen LogP contribution in [0.4, 0.5) is 0 Å². The molecule has 1 fully saturated rings. The molecule has 0 aliphatic carbocycles. The third-order valence-electron chi connectivity index (χ3n) is 5.62. The first-order valence-corrected chi connectivity index (χ1v) is 10.3. The molecule has 4 nitrogen and oxygen atoms in total. The van der Waals surface area contributed by atoms with Crippen molar-refractivity contribution in [1.82, 2.24) is 4.90 Å². The van der Waals surface area contributed by atoms with E-state index in [1.165, 1.54) is 22.3 Å². The first-order valence-electron chi connectivity index (χ1n) is 10.3. The second kappa shape index (κ2) is 9.85. The lowest BCUT2D eigenvalue weighted by Crippen LogP contribution is -2.47. The van der Waals surface area contributed by atoms with E-state index in [9.17, 15) is 9.90 Å². The Morgan fingerprint density at radius 2 is 1.82 bits per heavy atom. The van der Waals surface area contributed by atoms with Gasteiger partial charge in [-0.1, -0.05) is 67.4 Å². The molecule has 0 amide bonds. The SMILES string of the molecule is CCCC(C(=O)O)N1CCC(OCc2ccccc2-c2ccc(C)cc2)CC1. The van der Waals surface area contributed by atoms with Crippen LogP contribution in [0.25, 0.3) is 11.1 Å². The summed E-state index contributed by atoms with van der Waals surface area (Å²) in [5.41, 5.74) is 4.88. The Bertz CT molecular complexity index is 764. The molecule has 1 aliphatic rings. The molecule has 150 valence electrons. The Morgan fingerprint density at radius 3 is 2.46 bits per heavy atom. The van der Waals surface area contributed by atoms with Gasteiger partial charge in [0.15, 0.2) is 0 Å². The monoisotopic (exact) mass is 381 g/mol. The number of benzene rings is 2. The fourth-order valence-electron chi connectivity index (χ4n) is 3.96. The zero-order valence-corrected chi connectivity index (χ0v) is 16.9. The van der Waals surface area contributed by atoms with Gasteiger partial charge in [0.2, 0.25) is 0 Å². The van der Waals surface area contributed by atoms with Crippen LogP contribution in [0.5, 0.6) is 0 Å². The van der Waals surface area contributed by atoms with Gasteiger partial charge in [0.1, 0.15) is 6.04 Å². The van der Waals surface area contributed by atoms with Crippen molar-refractivity contribution in [1.29, 1.82) is 0 Å². The fourth-order valence-corrected chi connectivity index (χ4v) is 3.96. The standard InChI is InChI=1S/C24H31NO3/c1-3-6-23(24(26)27)25-15-13-21(14-16-25)28-17-20-7-4-5-8-22(20)19-11-9-18(2)10-12-19/h4-5,7-12,21,23H,3,6,13-17H2,1-2H3,(H,26,27). The predicted octanol–water partition coefficient (Wildman–Crippen LogP) is 4.90. The molecule has 1 aliphatic heterocycles. The lowest BCUT2D eigenvalue weighted by Gasteiger charge is -2.35. The van der Waals surface area contributed by atoms with E-state index in [1.54, 1.807) is 0 Å². The molecule has 0 spiro atoms. The minimum Gasteiger partial charge on any atom is -0.480 e. The third kappa shape index (κ3) is 5.21. The average Bonchev–Trinajstić information content (AvgIpc) is 2.72. The maximum Gasteiger partial charge on any atom is 0.320 e. The number of nitrogens with zero attached hydrogens (tertiary/aromatic N) is 1. The second-order valence-corrected chi connectivity index (χ2v) is 7.71. The van der Waals surface area contributed by atoms with Crippen molar-refractivity contribution in [2.24, 2.45) is 0 Å². The minimum absolute atomic E-state index is 0.193. The van der Waals surface area contributed by atoms with Crippen LogP contribution in [0, 0.1) is 6.92 Å². The number of carbonyl (C=O) groups is 1. The number of aliphatic carboxylic acids is 1. The third-order valence-corrected chi connectivity index (χ3v) is 5.62. The Morgan fingerprint density at radius 1 is 1.14 bits per heavy atom. The number of hydrogen-bond acceptors (Lipinski definition) is 3. The topological polar surface area (TPSA) is 49.8 Å². The first-order chi connectivity index (χ1) is 13.6. The van der Waals surface area contributed by atoms with Crippen LogP contribution in [0.15, 0.2) is 48.5 Å². The molecular formula is C24H31NO3. The molecule has 1 heterocycles. The molecular weight excluding hydrogens is 350 g/mol. The van der Waals surface area contributed by atoms with Crippen molar-refractivity contribution in [3.8, 4) is 11.1 Å². The maximum absolute atomic E-state index is 11.5. The number of aryl methyl sites for hydroxylation is 1. The van der Waals surface area contributed by atoms with Crippen LogP contribution in [0.1, 0.15) is 43.7 Å². The highest BCUT2D eigenvalue weighted by molar-refractivity contribution is 5.73. The number of carboxylic acid groups (broad SMARTS) is 1. The van der Waals surface area contributed by atoms with Crippen molar-refractivity contribution < 1.29 is 14.6 Å². The summed E-state index contributed by atoms with van der Waals surface area (Å²) in [6, 6.07) is 16.6. The van der Waals surface area contributed by atoms with E-state index in [4.69, 9.17) is 4.74 Å². The summed E-state index contributed by atoms with van der Waals surface area (Å²) in [5, 5.41) is 9.46. The maximum atomic E-state index is 11.5. The highest BCUT2D eigenvalue weighted by atomic mass is 16.5. The number of hydrogen-bond donors (Lipinski definition) is 1. The molecule has 28 heavy (non-hydrogen) atoms. The van der Waals surface area contributed by atoms with E-state index in [-0.39, 0.29) is 12.1 Å². The molecule has 1 N–H and O–H groups in total. The van der Waals surface area contributed by atoms with Gasteiger partial charge in [-0.05, 0) is 42.9 Å². The molecule has 1 saturated heterocycles. The van der Waals surface area contributed by atoms with Gasteiger partial charge in [-0.25, -0.2) is 0 Å². The highest BCUT2D eigenvalue weighted by Crippen LogP contribution is 2.26. The van der Waals surface area contributed by atoms with E-state index in [0.717, 1.165) is 32.4 Å². The molecule has 0 bridgehead atoms. The number of rotatable bonds is 8. The molecule has 0 aromatic heterocycles. The van der Waals surface area contributed by atoms with Gasteiger partial charge in [0.25, 0.3) is 0 Å². The predicted molar refractivity (Wildman–Crippen MR) is 112 cm³/mol. The van der Waals surface area contributed by atoms with Crippen LogP contribution in [0.3, 0.4) is 0 Å². The molecule has 1 unspecified atom stereocenters. The summed E-state index contributed by atoms with van der Waals surface area (Å²) in [5.74, 6) is -0.701. The zero-order valence-electron chi connectivity index (χ0n) is 16.9. The summed E-state index contributed by atoms with van der Waals surface area (Å²) in [6.07, 6.45) is 3.58. The normalized spacial score (nSPS) is 16.8. The number of ether oxygens (including phenoxy) is 1. The summed E-state index contributed by atoms with van der Waals surface area (Å²) >= 11 is 0. The van der Waals surface area contributed by atoms with E-state index < -0.39 is 5.97 Å². The van der Waals surface area contributed by atoms with Crippen molar-refractivity contribution in [3.63, 3.8) is 0 Å². The first kappa shape index (κ1) is 20.6. The van der Waals surface area contributed by atoms with Crippen LogP contribution in [-0.4, -0.2) is 41.2 Å². The van der Waals surface area contributed by atoms with Gasteiger partial charge < -0.3 is 9.84 Å². The van der Waals surface area contributed by atoms with Gasteiger partial charge in [0.05, 0.1) is 12.7 Å². The number of piperidine rings is 1. The van der Waals surface area contributed by atoms with Crippen molar-refractivity contribution in [3.05, 3.63) is 59.7 Å². The summed E-state index contributed by atoms with van der Waals surface area (Å²) in [6.45, 7) is 6.31. The molecule has 4 heteroatoms. The average molecular weight is 382 g/mol. The van der Waals surface area contributed by atoms with Crippen LogP contribution < -0.4 is 0 Å². The van der Waals surface area contributed by atoms with Crippen LogP contribution >= 0.6 is 0 Å². The minimum atomic E-state index is -0.701. The van der Waals surface area contributed by atoms with Gasteiger partial charge >= 0.3 is 5.97 Å². The van der Waals surface area contributed by atoms with Crippen LogP contribution in [-0.2, 0) is 16.1 Å². The number of likely N-dealkylation sites (tertiary alicyclic amines) is 1. The van der Waals surface area contributed by atoms with Crippen molar-refractivity contribution in [2.75, 3.05) is 13.1 Å². The molecule has 3 rings (SSSR count). The largest absolute Gasteiger partial charge is 0.480 e. The lowest BCUT2D eigenvalue weighted by molar-refractivity contribution is -0.145. The van der Waals surface area contributed by atoms with Gasteiger partial charge in [-0.15, -0.1) is 0 Å². The van der Waals surface area contributed by atoms with E-state index in [0.29, 0.717) is 13.0 Å². The van der Waals surface area contributed by atoms with Crippen molar-refractivity contribution in [2.45, 2.75) is 58.3 Å². The molecule has 2 aromatic rings. The smallest absolute Gasteiger partial charge is 0.320 e.